The van der Waals surface area contributed by atoms with Crippen molar-refractivity contribution >= 4 is 28.3 Å². The summed E-state index contributed by atoms with van der Waals surface area (Å²) in [4.78, 5) is 4.19. The van der Waals surface area contributed by atoms with Gasteiger partial charge in [-0.3, -0.25) is 5.84 Å². The maximum absolute atomic E-state index is 5.72. The van der Waals surface area contributed by atoms with Gasteiger partial charge in [-0.1, -0.05) is 34.7 Å². The molecule has 2 aromatic rings. The first kappa shape index (κ1) is 13.1. The summed E-state index contributed by atoms with van der Waals surface area (Å²) in [7, 11) is 0. The number of pyridine rings is 1. The second-order valence-corrected chi connectivity index (χ2v) is 4.63. The second kappa shape index (κ2) is 6.01. The van der Waals surface area contributed by atoms with E-state index in [2.05, 4.69) is 39.1 Å². The molecular formula is C13H14IN3O. The van der Waals surface area contributed by atoms with Gasteiger partial charge in [-0.05, 0) is 30.2 Å². The zero-order chi connectivity index (χ0) is 13.0. The Labute approximate surface area is 120 Å². The van der Waals surface area contributed by atoms with E-state index in [1.165, 1.54) is 5.56 Å². The third kappa shape index (κ3) is 3.11. The summed E-state index contributed by atoms with van der Waals surface area (Å²) < 4.78 is 6.67. The number of nitrogens with zero attached hydrogens (tertiary/aromatic N) is 1. The van der Waals surface area contributed by atoms with Gasteiger partial charge in [0.15, 0.2) is 0 Å². The number of nitrogens with one attached hydrogen (secondary N) is 1. The van der Waals surface area contributed by atoms with E-state index in [9.17, 15) is 0 Å². The summed E-state index contributed by atoms with van der Waals surface area (Å²) in [5.41, 5.74) is 5.60. The van der Waals surface area contributed by atoms with Crippen LogP contribution in [0.4, 0.5) is 5.69 Å². The molecule has 1 aromatic heterocycles. The maximum atomic E-state index is 5.72. The monoisotopic (exact) mass is 355 g/mol. The Balaban J connectivity index is 2.20. The van der Waals surface area contributed by atoms with Crippen LogP contribution in [0.5, 0.6) is 11.6 Å². The molecule has 0 saturated carbocycles. The molecule has 0 radical (unpaired) electrons. The van der Waals surface area contributed by atoms with Crippen LogP contribution < -0.4 is 16.0 Å². The predicted molar refractivity (Wildman–Crippen MR) is 81.0 cm³/mol. The van der Waals surface area contributed by atoms with Crippen molar-refractivity contribution in [3.63, 3.8) is 0 Å². The number of aryl methyl sites for hydroxylation is 1. The van der Waals surface area contributed by atoms with Crippen molar-refractivity contribution in [1.82, 2.24) is 4.98 Å². The molecule has 4 nitrogen and oxygen atoms in total. The molecule has 0 aliphatic heterocycles. The highest BCUT2D eigenvalue weighted by molar-refractivity contribution is 14.1. The third-order valence-electron chi connectivity index (χ3n) is 2.52. The lowest BCUT2D eigenvalue weighted by Gasteiger charge is -2.09. The number of aromatic nitrogens is 1. The number of hydrogen-bond donors (Lipinski definition) is 2. The van der Waals surface area contributed by atoms with E-state index < -0.39 is 0 Å². The highest BCUT2D eigenvalue weighted by Gasteiger charge is 2.03. The molecule has 18 heavy (non-hydrogen) atoms. The van der Waals surface area contributed by atoms with Crippen molar-refractivity contribution < 1.29 is 4.74 Å². The topological polar surface area (TPSA) is 60.2 Å². The van der Waals surface area contributed by atoms with Gasteiger partial charge in [0.25, 0.3) is 0 Å². The van der Waals surface area contributed by atoms with E-state index in [0.29, 0.717) is 5.88 Å². The molecule has 0 aliphatic rings. The molecule has 0 bridgehead atoms. The lowest BCUT2D eigenvalue weighted by atomic mass is 10.2. The Hall–Kier alpha value is -1.34. The average molecular weight is 355 g/mol. The first-order valence-electron chi connectivity index (χ1n) is 5.49. The third-order valence-corrected chi connectivity index (χ3v) is 3.40. The van der Waals surface area contributed by atoms with E-state index in [1.54, 1.807) is 6.20 Å². The Bertz CT molecular complexity index is 546. The quantitative estimate of drug-likeness (QED) is 0.382. The number of rotatable bonds is 4. The van der Waals surface area contributed by atoms with Gasteiger partial charge in [0.1, 0.15) is 5.75 Å². The predicted octanol–water partition coefficient (Wildman–Crippen LogP) is 3.40. The summed E-state index contributed by atoms with van der Waals surface area (Å²) >= 11 is 2.32. The fourth-order valence-corrected chi connectivity index (χ4v) is 2.02. The lowest BCUT2D eigenvalue weighted by Crippen LogP contribution is -2.08. The molecule has 5 heteroatoms. The van der Waals surface area contributed by atoms with Crippen molar-refractivity contribution in [3.8, 4) is 11.6 Å². The normalized spacial score (nSPS) is 10.2. The van der Waals surface area contributed by atoms with Crippen LogP contribution in [0.3, 0.4) is 0 Å². The van der Waals surface area contributed by atoms with Crippen LogP contribution in [0, 0.1) is 6.92 Å². The summed E-state index contributed by atoms with van der Waals surface area (Å²) in [6.07, 6.45) is 1.66. The second-order valence-electron chi connectivity index (χ2n) is 3.86. The number of nitrogens with two attached hydrogens (primary N) is 1. The van der Waals surface area contributed by atoms with Crippen molar-refractivity contribution in [2.75, 3.05) is 5.43 Å². The zero-order valence-electron chi connectivity index (χ0n) is 9.98. The number of halogens is 1. The fraction of sp³-hybridized carbons (Fsp3) is 0.154. The number of anilines is 1. The highest BCUT2D eigenvalue weighted by atomic mass is 127. The lowest BCUT2D eigenvalue weighted by molar-refractivity contribution is 0.462. The number of benzene rings is 1. The number of ether oxygens (including phenoxy) is 1. The van der Waals surface area contributed by atoms with Crippen molar-refractivity contribution in [3.05, 3.63) is 47.7 Å². The van der Waals surface area contributed by atoms with Crippen LogP contribution in [0.2, 0.25) is 0 Å². The van der Waals surface area contributed by atoms with Crippen LogP contribution in [0.1, 0.15) is 11.1 Å². The molecule has 0 aliphatic carbocycles. The summed E-state index contributed by atoms with van der Waals surface area (Å²) in [5, 5.41) is 0. The smallest absolute Gasteiger partial charge is 0.219 e. The molecule has 0 fully saturated rings. The average Bonchev–Trinajstić information content (AvgIpc) is 2.39. The summed E-state index contributed by atoms with van der Waals surface area (Å²) in [6, 6.07) is 9.83. The van der Waals surface area contributed by atoms with Crippen LogP contribution in [0.15, 0.2) is 36.5 Å². The molecule has 94 valence electrons. The number of hydrogen-bond acceptors (Lipinski definition) is 4. The van der Waals surface area contributed by atoms with Gasteiger partial charge < -0.3 is 10.2 Å². The molecule has 1 aromatic carbocycles. The maximum Gasteiger partial charge on any atom is 0.219 e. The Kier molecular flexibility index (Phi) is 4.38. The van der Waals surface area contributed by atoms with Gasteiger partial charge in [0.05, 0.1) is 11.9 Å². The van der Waals surface area contributed by atoms with Gasteiger partial charge in [0, 0.05) is 10.5 Å². The van der Waals surface area contributed by atoms with E-state index in [0.717, 1.165) is 21.4 Å². The molecule has 0 atom stereocenters. The number of alkyl halides is 1. The minimum atomic E-state index is 0.567. The van der Waals surface area contributed by atoms with E-state index >= 15 is 0 Å². The van der Waals surface area contributed by atoms with Crippen molar-refractivity contribution in [2.24, 2.45) is 5.84 Å². The number of hydrazine groups is 1. The van der Waals surface area contributed by atoms with E-state index in [-0.39, 0.29) is 0 Å². The van der Waals surface area contributed by atoms with Crippen LogP contribution in [-0.2, 0) is 4.43 Å². The Morgan fingerprint density at radius 1 is 1.39 bits per heavy atom. The first-order chi connectivity index (χ1) is 8.72. The first-order valence-corrected chi connectivity index (χ1v) is 7.01. The van der Waals surface area contributed by atoms with Gasteiger partial charge in [0.2, 0.25) is 5.88 Å². The molecule has 0 unspecified atom stereocenters. The highest BCUT2D eigenvalue weighted by Crippen LogP contribution is 2.24. The number of nitrogen functional groups attached to an aromatic ring is 1. The standard InChI is InChI=1S/C13H14IN3O/c1-9-5-13(16-8-12(9)17-15)18-11-4-2-3-10(6-11)7-14/h2-6,8,17H,7,15H2,1H3. The van der Waals surface area contributed by atoms with Crippen molar-refractivity contribution in [2.45, 2.75) is 11.4 Å². The molecule has 3 N–H and O–H groups in total. The zero-order valence-corrected chi connectivity index (χ0v) is 12.1. The van der Waals surface area contributed by atoms with Crippen LogP contribution in [0.25, 0.3) is 0 Å². The SMILES string of the molecule is Cc1cc(Oc2cccc(CI)c2)ncc1NN. The minimum absolute atomic E-state index is 0.567. The minimum Gasteiger partial charge on any atom is -0.439 e. The molecular weight excluding hydrogens is 341 g/mol. The van der Waals surface area contributed by atoms with Gasteiger partial charge in [-0.15, -0.1) is 0 Å². The van der Waals surface area contributed by atoms with Crippen LogP contribution >= 0.6 is 22.6 Å². The summed E-state index contributed by atoms with van der Waals surface area (Å²) in [6.45, 7) is 1.95. The molecule has 0 saturated heterocycles. The van der Waals surface area contributed by atoms with Crippen LogP contribution in [-0.4, -0.2) is 4.98 Å². The van der Waals surface area contributed by atoms with E-state index in [4.69, 9.17) is 10.6 Å². The largest absolute Gasteiger partial charge is 0.439 e. The van der Waals surface area contributed by atoms with Gasteiger partial charge in [-0.25, -0.2) is 4.98 Å². The fourth-order valence-electron chi connectivity index (χ4n) is 1.55. The summed E-state index contributed by atoms with van der Waals surface area (Å²) in [5.74, 6) is 6.72. The molecule has 2 rings (SSSR count). The molecule has 1 heterocycles. The van der Waals surface area contributed by atoms with E-state index in [1.807, 2.05) is 31.2 Å². The Morgan fingerprint density at radius 2 is 2.22 bits per heavy atom. The van der Waals surface area contributed by atoms with Crippen molar-refractivity contribution in [1.29, 1.82) is 0 Å². The molecule has 0 spiro atoms. The Morgan fingerprint density at radius 3 is 2.89 bits per heavy atom. The van der Waals surface area contributed by atoms with Gasteiger partial charge in [-0.2, -0.15) is 0 Å². The molecule has 0 amide bonds. The van der Waals surface area contributed by atoms with Gasteiger partial charge >= 0.3 is 0 Å².